The van der Waals surface area contributed by atoms with Crippen molar-refractivity contribution in [2.75, 3.05) is 31.1 Å². The lowest BCUT2D eigenvalue weighted by atomic mass is 10.1. The lowest BCUT2D eigenvalue weighted by Gasteiger charge is -2.36. The van der Waals surface area contributed by atoms with E-state index >= 15 is 0 Å². The van der Waals surface area contributed by atoms with Crippen molar-refractivity contribution in [3.8, 4) is 11.3 Å². The third-order valence-corrected chi connectivity index (χ3v) is 5.74. The molecule has 1 saturated heterocycles. The molecule has 1 fully saturated rings. The van der Waals surface area contributed by atoms with Crippen LogP contribution in [-0.4, -0.2) is 45.8 Å². The van der Waals surface area contributed by atoms with Gasteiger partial charge < -0.3 is 4.90 Å². The number of halogens is 3. The molecule has 2 aromatic heterocycles. The second-order valence-corrected chi connectivity index (χ2v) is 7.48. The highest BCUT2D eigenvalue weighted by molar-refractivity contribution is 6.30. The van der Waals surface area contributed by atoms with Gasteiger partial charge in [0.1, 0.15) is 11.0 Å². The van der Waals surface area contributed by atoms with Gasteiger partial charge in [-0.2, -0.15) is 5.10 Å². The molecule has 0 unspecified atom stereocenters. The topological polar surface area (TPSA) is 37.2 Å². The molecule has 0 atom stereocenters. The average Bonchev–Trinajstić information content (AvgIpc) is 2.95. The zero-order valence-electron chi connectivity index (χ0n) is 16.5. The first-order chi connectivity index (χ1) is 13.5. The highest BCUT2D eigenvalue weighted by Crippen LogP contribution is 2.30. The Kier molecular flexibility index (Phi) is 6.77. The Bertz CT molecular complexity index is 966. The molecule has 1 aromatic carbocycles. The fraction of sp³-hybridized carbons (Fsp3) is 0.333. The summed E-state index contributed by atoms with van der Waals surface area (Å²) >= 11 is 6.39. The van der Waals surface area contributed by atoms with E-state index in [1.54, 1.807) is 23.0 Å². The number of hydrogen-bond donors (Lipinski definition) is 0. The van der Waals surface area contributed by atoms with Gasteiger partial charge >= 0.3 is 0 Å². The number of pyridine rings is 1. The maximum atomic E-state index is 13.3. The summed E-state index contributed by atoms with van der Waals surface area (Å²) in [6.07, 6.45) is 1.78. The van der Waals surface area contributed by atoms with Crippen molar-refractivity contribution in [1.82, 2.24) is 19.7 Å². The van der Waals surface area contributed by atoms with Gasteiger partial charge in [-0.15, -0.1) is 12.4 Å². The van der Waals surface area contributed by atoms with Crippen molar-refractivity contribution in [3.05, 3.63) is 64.8 Å². The van der Waals surface area contributed by atoms with Gasteiger partial charge in [0.2, 0.25) is 0 Å². The molecule has 0 bridgehead atoms. The second kappa shape index (κ2) is 9.11. The van der Waals surface area contributed by atoms with E-state index in [0.29, 0.717) is 5.15 Å². The van der Waals surface area contributed by atoms with Crippen LogP contribution in [0.3, 0.4) is 0 Å². The van der Waals surface area contributed by atoms with E-state index in [4.69, 9.17) is 11.6 Å². The van der Waals surface area contributed by atoms with Gasteiger partial charge in [0.15, 0.2) is 0 Å². The van der Waals surface area contributed by atoms with E-state index in [9.17, 15) is 4.39 Å². The summed E-state index contributed by atoms with van der Waals surface area (Å²) in [7, 11) is 1.87. The number of hydrogen-bond acceptors (Lipinski definition) is 4. The predicted octanol–water partition coefficient (Wildman–Crippen LogP) is 4.33. The van der Waals surface area contributed by atoms with Crippen molar-refractivity contribution in [3.63, 3.8) is 0 Å². The molecule has 154 valence electrons. The van der Waals surface area contributed by atoms with Crippen LogP contribution < -0.4 is 4.90 Å². The average molecular weight is 436 g/mol. The fourth-order valence-electron chi connectivity index (χ4n) is 3.71. The van der Waals surface area contributed by atoms with Crippen LogP contribution in [-0.2, 0) is 13.6 Å². The number of piperazine rings is 1. The number of aryl methyl sites for hydroxylation is 2. The Morgan fingerprint density at radius 3 is 2.38 bits per heavy atom. The van der Waals surface area contributed by atoms with E-state index in [1.165, 1.54) is 12.1 Å². The summed E-state index contributed by atoms with van der Waals surface area (Å²) in [5.41, 5.74) is 5.00. The van der Waals surface area contributed by atoms with Crippen molar-refractivity contribution in [2.24, 2.45) is 7.05 Å². The van der Waals surface area contributed by atoms with Crippen LogP contribution >= 0.6 is 24.0 Å². The van der Waals surface area contributed by atoms with E-state index < -0.39 is 0 Å². The Balaban J connectivity index is 0.00000240. The van der Waals surface area contributed by atoms with E-state index in [2.05, 4.69) is 25.9 Å². The van der Waals surface area contributed by atoms with E-state index in [1.807, 2.05) is 20.0 Å². The number of benzene rings is 1. The van der Waals surface area contributed by atoms with Gasteiger partial charge in [-0.05, 0) is 43.3 Å². The maximum absolute atomic E-state index is 13.3. The molecule has 0 saturated carbocycles. The largest absolute Gasteiger partial charge is 0.367 e. The third kappa shape index (κ3) is 4.55. The molecule has 3 aromatic rings. The normalized spacial score (nSPS) is 14.7. The standard InChI is InChI=1S/C21H23ClFN5.ClH/c1-15-18(21(22)26(2)25-15)14-27-10-12-28(13-11-27)19-4-3-9-24-20(19)16-5-7-17(23)8-6-16;/h3-9H,10-14H2,1-2H3;1H. The predicted molar refractivity (Wildman–Crippen MR) is 117 cm³/mol. The smallest absolute Gasteiger partial charge is 0.131 e. The van der Waals surface area contributed by atoms with Crippen LogP contribution in [0.4, 0.5) is 10.1 Å². The van der Waals surface area contributed by atoms with Gasteiger partial charge in [-0.1, -0.05) is 11.6 Å². The van der Waals surface area contributed by atoms with Crippen LogP contribution in [0.1, 0.15) is 11.3 Å². The van der Waals surface area contributed by atoms with Gasteiger partial charge in [-0.3, -0.25) is 14.6 Å². The van der Waals surface area contributed by atoms with Gasteiger partial charge in [-0.25, -0.2) is 4.39 Å². The molecule has 0 spiro atoms. The van der Waals surface area contributed by atoms with Crippen LogP contribution in [0.5, 0.6) is 0 Å². The summed E-state index contributed by atoms with van der Waals surface area (Å²) in [5.74, 6) is -0.237. The van der Waals surface area contributed by atoms with Gasteiger partial charge in [0.25, 0.3) is 0 Å². The lowest BCUT2D eigenvalue weighted by molar-refractivity contribution is 0.249. The highest BCUT2D eigenvalue weighted by atomic mass is 35.5. The van der Waals surface area contributed by atoms with Crippen molar-refractivity contribution in [1.29, 1.82) is 0 Å². The minimum absolute atomic E-state index is 0. The molecule has 29 heavy (non-hydrogen) atoms. The molecule has 0 amide bonds. The molecule has 8 heteroatoms. The van der Waals surface area contributed by atoms with Crippen LogP contribution in [0.25, 0.3) is 11.3 Å². The molecule has 4 rings (SSSR count). The zero-order chi connectivity index (χ0) is 19.7. The molecule has 5 nitrogen and oxygen atoms in total. The first kappa shape index (κ1) is 21.6. The number of aromatic nitrogens is 3. The fourth-order valence-corrected chi connectivity index (χ4v) is 3.94. The van der Waals surface area contributed by atoms with Gasteiger partial charge in [0, 0.05) is 57.1 Å². The summed E-state index contributed by atoms with van der Waals surface area (Å²) < 4.78 is 15.0. The minimum Gasteiger partial charge on any atom is -0.367 e. The third-order valence-electron chi connectivity index (χ3n) is 5.27. The molecule has 3 heterocycles. The van der Waals surface area contributed by atoms with Crippen LogP contribution in [0.2, 0.25) is 5.15 Å². The van der Waals surface area contributed by atoms with E-state index in [0.717, 1.165) is 60.9 Å². The van der Waals surface area contributed by atoms with Crippen molar-refractivity contribution >= 4 is 29.7 Å². The Morgan fingerprint density at radius 2 is 1.76 bits per heavy atom. The molecule has 0 radical (unpaired) electrons. The number of rotatable bonds is 4. The summed E-state index contributed by atoms with van der Waals surface area (Å²) in [4.78, 5) is 9.31. The molecule has 0 N–H and O–H groups in total. The molecule has 1 aliphatic rings. The number of nitrogens with zero attached hydrogens (tertiary/aromatic N) is 5. The maximum Gasteiger partial charge on any atom is 0.131 e. The Morgan fingerprint density at radius 1 is 1.07 bits per heavy atom. The second-order valence-electron chi connectivity index (χ2n) is 7.12. The Hall–Kier alpha value is -2.15. The highest BCUT2D eigenvalue weighted by Gasteiger charge is 2.22. The molecule has 0 aliphatic carbocycles. The first-order valence-electron chi connectivity index (χ1n) is 9.39. The summed E-state index contributed by atoms with van der Waals surface area (Å²) in [5, 5.41) is 5.12. The van der Waals surface area contributed by atoms with Crippen LogP contribution in [0.15, 0.2) is 42.6 Å². The SMILES string of the molecule is Cc1nn(C)c(Cl)c1CN1CCN(c2cccnc2-c2ccc(F)cc2)CC1.Cl. The number of anilines is 1. The van der Waals surface area contributed by atoms with Gasteiger partial charge in [0.05, 0.1) is 17.1 Å². The zero-order valence-corrected chi connectivity index (χ0v) is 18.0. The van der Waals surface area contributed by atoms with Crippen molar-refractivity contribution < 1.29 is 4.39 Å². The molecular weight excluding hydrogens is 412 g/mol. The quantitative estimate of drug-likeness (QED) is 0.611. The monoisotopic (exact) mass is 435 g/mol. The molecular formula is C21H24Cl2FN5. The first-order valence-corrected chi connectivity index (χ1v) is 9.77. The molecule has 1 aliphatic heterocycles. The summed E-state index contributed by atoms with van der Waals surface area (Å²) in [6, 6.07) is 10.6. The lowest BCUT2D eigenvalue weighted by Crippen LogP contribution is -2.46. The Labute approximate surface area is 181 Å². The van der Waals surface area contributed by atoms with E-state index in [-0.39, 0.29) is 18.2 Å². The van der Waals surface area contributed by atoms with Crippen molar-refractivity contribution in [2.45, 2.75) is 13.5 Å². The minimum atomic E-state index is -0.237. The van der Waals surface area contributed by atoms with Crippen LogP contribution in [0, 0.1) is 12.7 Å². The summed E-state index contributed by atoms with van der Waals surface area (Å²) in [6.45, 7) is 6.48.